The number of esters is 1. The van der Waals surface area contributed by atoms with E-state index < -0.39 is 24.3 Å². The number of amides is 2. The van der Waals surface area contributed by atoms with Crippen LogP contribution in [0.5, 0.6) is 11.5 Å². The number of nitrogens with one attached hydrogen (secondary N) is 3. The molecule has 4 aromatic carbocycles. The SMILES string of the molecule is CCOc1cc([C@H]2NC(=O)NC(C)=C2C(=O)OC)ccc1OC[C@H](O)N/N=C\c1c2ccccc2cc2ccccc12. The third-order valence-electron chi connectivity index (χ3n) is 6.90. The first-order valence-electron chi connectivity index (χ1n) is 13.5. The lowest BCUT2D eigenvalue weighted by Crippen LogP contribution is -2.45. The molecule has 216 valence electrons. The van der Waals surface area contributed by atoms with Crippen LogP contribution in [0.2, 0.25) is 0 Å². The fourth-order valence-corrected chi connectivity index (χ4v) is 5.00. The van der Waals surface area contributed by atoms with Gasteiger partial charge in [0.2, 0.25) is 0 Å². The number of ether oxygens (including phenoxy) is 3. The highest BCUT2D eigenvalue weighted by Crippen LogP contribution is 2.35. The number of nitrogens with zero attached hydrogens (tertiary/aromatic N) is 1. The summed E-state index contributed by atoms with van der Waals surface area (Å²) >= 11 is 0. The largest absolute Gasteiger partial charge is 0.490 e. The fraction of sp³-hybridized carbons (Fsp3) is 0.219. The van der Waals surface area contributed by atoms with Crippen LogP contribution in [0.25, 0.3) is 21.5 Å². The van der Waals surface area contributed by atoms with E-state index in [2.05, 4.69) is 39.4 Å². The lowest BCUT2D eigenvalue weighted by molar-refractivity contribution is -0.136. The van der Waals surface area contributed by atoms with Crippen molar-refractivity contribution in [3.05, 3.63) is 95.2 Å². The second-order valence-corrected chi connectivity index (χ2v) is 9.65. The van der Waals surface area contributed by atoms with E-state index >= 15 is 0 Å². The molecule has 0 bridgehead atoms. The van der Waals surface area contributed by atoms with Crippen molar-refractivity contribution in [2.75, 3.05) is 20.3 Å². The fourth-order valence-electron chi connectivity index (χ4n) is 5.00. The quantitative estimate of drug-likeness (QED) is 0.0728. The molecule has 0 radical (unpaired) electrons. The first kappa shape index (κ1) is 28.4. The Labute approximate surface area is 243 Å². The van der Waals surface area contributed by atoms with Crippen molar-refractivity contribution >= 4 is 39.8 Å². The number of hydrogen-bond acceptors (Lipinski definition) is 8. The third kappa shape index (κ3) is 5.98. The molecule has 0 aliphatic carbocycles. The monoisotopic (exact) mass is 568 g/mol. The Morgan fingerprint density at radius 3 is 2.38 bits per heavy atom. The lowest BCUT2D eigenvalue weighted by atomic mass is 9.95. The third-order valence-corrected chi connectivity index (χ3v) is 6.90. The number of fused-ring (bicyclic) bond motifs is 2. The average molecular weight is 569 g/mol. The maximum atomic E-state index is 12.5. The van der Waals surface area contributed by atoms with Crippen molar-refractivity contribution in [1.82, 2.24) is 16.1 Å². The van der Waals surface area contributed by atoms with E-state index in [1.807, 2.05) is 43.3 Å². The van der Waals surface area contributed by atoms with Crippen LogP contribution in [-0.2, 0) is 9.53 Å². The maximum absolute atomic E-state index is 12.5. The van der Waals surface area contributed by atoms with Crippen molar-refractivity contribution in [2.45, 2.75) is 26.1 Å². The standard InChI is InChI=1S/C32H32N4O6/c1-4-41-27-16-22(30-29(31(38)40-3)19(2)34-32(39)35-30)13-14-26(27)42-18-28(37)36-33-17-25-23-11-7-5-9-20(23)15-21-10-6-8-12-24(21)25/h5-17,28,30,36-37H,4,18H2,1-3H3,(H2,34,35,39)/b33-17-/t28-,30+/m0/s1. The molecule has 0 saturated carbocycles. The van der Waals surface area contributed by atoms with Gasteiger partial charge >= 0.3 is 12.0 Å². The number of methoxy groups -OCH3 is 1. The molecule has 0 unspecified atom stereocenters. The van der Waals surface area contributed by atoms with Gasteiger partial charge in [-0.25, -0.2) is 9.59 Å². The minimum atomic E-state index is -1.11. The molecule has 10 heteroatoms. The number of carbonyl (C=O) groups is 2. The van der Waals surface area contributed by atoms with Crippen LogP contribution in [0.3, 0.4) is 0 Å². The van der Waals surface area contributed by atoms with Crippen molar-refractivity contribution in [3.63, 3.8) is 0 Å². The summed E-state index contributed by atoms with van der Waals surface area (Å²) in [5, 5.41) is 24.5. The molecule has 0 aromatic heterocycles. The molecular weight excluding hydrogens is 536 g/mol. The zero-order valence-electron chi connectivity index (χ0n) is 23.5. The zero-order chi connectivity index (χ0) is 29.6. The van der Waals surface area contributed by atoms with Crippen LogP contribution in [-0.4, -0.2) is 49.9 Å². The Hall–Kier alpha value is -5.09. The number of carbonyl (C=O) groups excluding carboxylic acids is 2. The summed E-state index contributed by atoms with van der Waals surface area (Å²) in [5.41, 5.74) is 4.96. The van der Waals surface area contributed by atoms with Crippen LogP contribution in [0.4, 0.5) is 4.79 Å². The number of allylic oxidation sites excluding steroid dienone is 1. The minimum absolute atomic E-state index is 0.121. The molecule has 0 fully saturated rings. The number of hydrogen-bond donors (Lipinski definition) is 4. The zero-order valence-corrected chi connectivity index (χ0v) is 23.5. The summed E-state index contributed by atoms with van der Waals surface area (Å²) in [6.45, 7) is 3.69. The Kier molecular flexibility index (Phi) is 8.54. The summed E-state index contributed by atoms with van der Waals surface area (Å²) in [5.74, 6) is 0.211. The van der Waals surface area contributed by atoms with E-state index in [1.165, 1.54) is 7.11 Å². The summed E-state index contributed by atoms with van der Waals surface area (Å²) < 4.78 is 16.6. The van der Waals surface area contributed by atoms with Gasteiger partial charge in [0.1, 0.15) is 6.61 Å². The first-order valence-corrected chi connectivity index (χ1v) is 13.5. The van der Waals surface area contributed by atoms with Crippen LogP contribution in [0.15, 0.2) is 89.2 Å². The van der Waals surface area contributed by atoms with Gasteiger partial charge in [0.25, 0.3) is 0 Å². The Morgan fingerprint density at radius 2 is 1.71 bits per heavy atom. The number of aliphatic hydroxyl groups excluding tert-OH is 1. The smallest absolute Gasteiger partial charge is 0.337 e. The molecule has 2 atom stereocenters. The normalized spacial score (nSPS) is 15.8. The van der Waals surface area contributed by atoms with E-state index in [-0.39, 0.29) is 12.2 Å². The summed E-state index contributed by atoms with van der Waals surface area (Å²) in [7, 11) is 1.28. The number of aliphatic hydroxyl groups is 1. The van der Waals surface area contributed by atoms with Gasteiger partial charge < -0.3 is 30.0 Å². The average Bonchev–Trinajstić information content (AvgIpc) is 2.99. The summed E-state index contributed by atoms with van der Waals surface area (Å²) in [6.07, 6.45) is 0.590. The van der Waals surface area contributed by atoms with E-state index in [0.717, 1.165) is 27.1 Å². The topological polar surface area (TPSA) is 131 Å². The number of urea groups is 1. The predicted octanol–water partition coefficient (Wildman–Crippen LogP) is 4.51. The summed E-state index contributed by atoms with van der Waals surface area (Å²) in [4.78, 5) is 24.6. The van der Waals surface area contributed by atoms with Gasteiger partial charge in [-0.2, -0.15) is 5.10 Å². The second kappa shape index (κ2) is 12.6. The van der Waals surface area contributed by atoms with E-state index in [1.54, 1.807) is 31.3 Å². The molecule has 0 spiro atoms. The molecule has 10 nitrogen and oxygen atoms in total. The molecule has 0 saturated heterocycles. The Morgan fingerprint density at radius 1 is 1.02 bits per heavy atom. The molecule has 1 aliphatic heterocycles. The van der Waals surface area contributed by atoms with Crippen molar-refractivity contribution in [1.29, 1.82) is 0 Å². The molecule has 5 rings (SSSR count). The number of rotatable bonds is 10. The lowest BCUT2D eigenvalue weighted by Gasteiger charge is -2.28. The molecule has 4 aromatic rings. The van der Waals surface area contributed by atoms with Crippen LogP contribution in [0.1, 0.15) is 31.0 Å². The van der Waals surface area contributed by atoms with E-state index in [9.17, 15) is 14.7 Å². The van der Waals surface area contributed by atoms with Gasteiger partial charge in [0, 0.05) is 11.3 Å². The maximum Gasteiger partial charge on any atom is 0.337 e. The van der Waals surface area contributed by atoms with Gasteiger partial charge in [-0.3, -0.25) is 5.43 Å². The molecule has 42 heavy (non-hydrogen) atoms. The molecule has 1 heterocycles. The number of hydrazone groups is 1. The molecule has 2 amide bonds. The van der Waals surface area contributed by atoms with Gasteiger partial charge in [-0.05, 0) is 59.2 Å². The van der Waals surface area contributed by atoms with Crippen molar-refractivity contribution < 1.29 is 28.9 Å². The highest BCUT2D eigenvalue weighted by molar-refractivity contribution is 6.13. The second-order valence-electron chi connectivity index (χ2n) is 9.65. The van der Waals surface area contributed by atoms with Crippen LogP contribution < -0.4 is 25.5 Å². The predicted molar refractivity (Wildman–Crippen MR) is 160 cm³/mol. The highest BCUT2D eigenvalue weighted by Gasteiger charge is 2.32. The van der Waals surface area contributed by atoms with Gasteiger partial charge in [-0.15, -0.1) is 0 Å². The van der Waals surface area contributed by atoms with Crippen molar-refractivity contribution in [2.24, 2.45) is 5.10 Å². The Balaban J connectivity index is 1.31. The highest BCUT2D eigenvalue weighted by atomic mass is 16.5. The van der Waals surface area contributed by atoms with Gasteiger partial charge in [-0.1, -0.05) is 54.6 Å². The molecule has 1 aliphatic rings. The Bertz CT molecular complexity index is 1650. The number of benzene rings is 4. The van der Waals surface area contributed by atoms with Gasteiger partial charge in [0.05, 0.1) is 31.5 Å². The van der Waals surface area contributed by atoms with Crippen molar-refractivity contribution in [3.8, 4) is 11.5 Å². The molecule has 4 N–H and O–H groups in total. The summed E-state index contributed by atoms with van der Waals surface area (Å²) in [6, 6.07) is 22.2. The van der Waals surface area contributed by atoms with E-state index in [0.29, 0.717) is 29.4 Å². The first-order chi connectivity index (χ1) is 20.4. The van der Waals surface area contributed by atoms with Crippen LogP contribution in [0, 0.1) is 0 Å². The minimum Gasteiger partial charge on any atom is -0.490 e. The van der Waals surface area contributed by atoms with Crippen LogP contribution >= 0.6 is 0 Å². The van der Waals surface area contributed by atoms with Gasteiger partial charge in [0.15, 0.2) is 17.7 Å². The molecular formula is C32H32N4O6. The van der Waals surface area contributed by atoms with E-state index in [4.69, 9.17) is 14.2 Å².